The molecule has 3 rings (SSSR count). The van der Waals surface area contributed by atoms with E-state index in [-0.39, 0.29) is 6.61 Å². The summed E-state index contributed by atoms with van der Waals surface area (Å²) in [6.45, 7) is 3.33. The lowest BCUT2D eigenvalue weighted by molar-refractivity contribution is -0.119. The van der Waals surface area contributed by atoms with Crippen LogP contribution in [0.5, 0.6) is 0 Å². The summed E-state index contributed by atoms with van der Waals surface area (Å²) in [5, 5.41) is 3.95. The van der Waals surface area contributed by atoms with Crippen molar-refractivity contribution in [1.82, 2.24) is 4.98 Å². The monoisotopic (exact) mass is 400 g/mol. The lowest BCUT2D eigenvalue weighted by Crippen LogP contribution is -2.20. The van der Waals surface area contributed by atoms with E-state index < -0.39 is 11.9 Å². The van der Waals surface area contributed by atoms with Crippen LogP contribution in [0.25, 0.3) is 10.6 Å². The summed E-state index contributed by atoms with van der Waals surface area (Å²) < 4.78 is 5.13. The van der Waals surface area contributed by atoms with Gasteiger partial charge in [-0.2, -0.15) is 0 Å². The zero-order chi connectivity index (χ0) is 19.4. The molecule has 5 nitrogen and oxygen atoms in total. The van der Waals surface area contributed by atoms with Crippen molar-refractivity contribution in [2.45, 2.75) is 13.8 Å². The first kappa shape index (κ1) is 19.1. The van der Waals surface area contributed by atoms with Crippen LogP contribution in [0.4, 0.5) is 5.69 Å². The van der Waals surface area contributed by atoms with Crippen molar-refractivity contribution in [2.75, 3.05) is 11.9 Å². The van der Waals surface area contributed by atoms with Gasteiger partial charge in [0.15, 0.2) is 6.61 Å². The van der Waals surface area contributed by atoms with E-state index in [9.17, 15) is 9.59 Å². The standard InChI is InChI=1S/C20H17ClN2O3S/c1-12-6-8-16(9-7-12)23-17(24)11-26-20(25)18-13(2)22-19(27-18)14-4-3-5-15(21)10-14/h3-10H,11H2,1-2H3,(H,23,24). The molecule has 3 aromatic rings. The lowest BCUT2D eigenvalue weighted by Gasteiger charge is -2.06. The van der Waals surface area contributed by atoms with E-state index in [4.69, 9.17) is 16.3 Å². The predicted molar refractivity (Wildman–Crippen MR) is 107 cm³/mol. The van der Waals surface area contributed by atoms with Crippen LogP contribution in [0.15, 0.2) is 48.5 Å². The number of aromatic nitrogens is 1. The largest absolute Gasteiger partial charge is 0.451 e. The zero-order valence-electron chi connectivity index (χ0n) is 14.8. The fourth-order valence-electron chi connectivity index (χ4n) is 2.36. The van der Waals surface area contributed by atoms with E-state index in [0.29, 0.717) is 26.3 Å². The maximum atomic E-state index is 12.3. The molecule has 7 heteroatoms. The first-order chi connectivity index (χ1) is 12.9. The molecular formula is C20H17ClN2O3S. The van der Waals surface area contributed by atoms with Crippen LogP contribution < -0.4 is 5.32 Å². The number of rotatable bonds is 5. The molecule has 138 valence electrons. The van der Waals surface area contributed by atoms with E-state index in [1.165, 1.54) is 11.3 Å². The van der Waals surface area contributed by atoms with E-state index in [1.54, 1.807) is 31.2 Å². The van der Waals surface area contributed by atoms with E-state index >= 15 is 0 Å². The number of hydrogen-bond donors (Lipinski definition) is 1. The van der Waals surface area contributed by atoms with E-state index in [2.05, 4.69) is 10.3 Å². The predicted octanol–water partition coefficient (Wildman–Crippen LogP) is 4.88. The van der Waals surface area contributed by atoms with Crippen LogP contribution >= 0.6 is 22.9 Å². The number of esters is 1. The molecule has 2 aromatic carbocycles. The quantitative estimate of drug-likeness (QED) is 0.620. The summed E-state index contributed by atoms with van der Waals surface area (Å²) >= 11 is 7.21. The van der Waals surface area contributed by atoms with Crippen LogP contribution in [0.1, 0.15) is 20.9 Å². The van der Waals surface area contributed by atoms with Crippen molar-refractivity contribution in [2.24, 2.45) is 0 Å². The van der Waals surface area contributed by atoms with Crippen LogP contribution in [0.3, 0.4) is 0 Å². The van der Waals surface area contributed by atoms with Crippen molar-refractivity contribution in [3.63, 3.8) is 0 Å². The Bertz CT molecular complexity index is 983. The molecule has 1 aromatic heterocycles. The van der Waals surface area contributed by atoms with Crippen molar-refractivity contribution in [3.05, 3.63) is 69.7 Å². The van der Waals surface area contributed by atoms with Gasteiger partial charge in [-0.3, -0.25) is 4.79 Å². The minimum atomic E-state index is -0.572. The molecule has 1 amide bonds. The molecule has 0 saturated heterocycles. The lowest BCUT2D eigenvalue weighted by atomic mass is 10.2. The minimum Gasteiger partial charge on any atom is -0.451 e. The smallest absolute Gasteiger partial charge is 0.350 e. The van der Waals surface area contributed by atoms with Crippen molar-refractivity contribution < 1.29 is 14.3 Å². The third-order valence-corrected chi connectivity index (χ3v) is 5.14. The van der Waals surface area contributed by atoms with Gasteiger partial charge < -0.3 is 10.1 Å². The fourth-order valence-corrected chi connectivity index (χ4v) is 3.51. The average molecular weight is 401 g/mol. The third kappa shape index (κ3) is 4.93. The summed E-state index contributed by atoms with van der Waals surface area (Å²) in [5.41, 5.74) is 3.13. The van der Waals surface area contributed by atoms with Crippen molar-refractivity contribution in [1.29, 1.82) is 0 Å². The second-order valence-electron chi connectivity index (χ2n) is 5.93. The van der Waals surface area contributed by atoms with Gasteiger partial charge in [-0.1, -0.05) is 41.4 Å². The summed E-state index contributed by atoms with van der Waals surface area (Å²) in [6, 6.07) is 14.6. The molecule has 0 unspecified atom stereocenters. The molecule has 0 aliphatic carbocycles. The molecule has 27 heavy (non-hydrogen) atoms. The Morgan fingerprint density at radius 1 is 1.15 bits per heavy atom. The highest BCUT2D eigenvalue weighted by atomic mass is 35.5. The number of nitrogens with zero attached hydrogens (tertiary/aromatic N) is 1. The number of thiazole rings is 1. The van der Waals surface area contributed by atoms with Gasteiger partial charge in [0.05, 0.1) is 5.69 Å². The van der Waals surface area contributed by atoms with Gasteiger partial charge in [-0.25, -0.2) is 9.78 Å². The maximum Gasteiger partial charge on any atom is 0.350 e. The number of anilines is 1. The Kier molecular flexibility index (Phi) is 5.88. The molecular weight excluding hydrogens is 384 g/mol. The zero-order valence-corrected chi connectivity index (χ0v) is 16.4. The number of amides is 1. The SMILES string of the molecule is Cc1ccc(NC(=O)COC(=O)c2sc(-c3cccc(Cl)c3)nc2C)cc1. The Balaban J connectivity index is 1.62. The number of aryl methyl sites for hydroxylation is 2. The van der Waals surface area contributed by atoms with Crippen LogP contribution in [0.2, 0.25) is 5.02 Å². The summed E-state index contributed by atoms with van der Waals surface area (Å²) in [7, 11) is 0. The third-order valence-electron chi connectivity index (χ3n) is 3.72. The number of ether oxygens (including phenoxy) is 1. The molecule has 0 bridgehead atoms. The van der Waals surface area contributed by atoms with Crippen molar-refractivity contribution in [3.8, 4) is 10.6 Å². The molecule has 0 fully saturated rings. The van der Waals surface area contributed by atoms with Gasteiger partial charge in [0, 0.05) is 16.3 Å². The number of carbonyl (C=O) groups excluding carboxylic acids is 2. The Labute approximate surface area is 166 Å². The number of benzene rings is 2. The highest BCUT2D eigenvalue weighted by Crippen LogP contribution is 2.29. The Hall–Kier alpha value is -2.70. The highest BCUT2D eigenvalue weighted by molar-refractivity contribution is 7.17. The van der Waals surface area contributed by atoms with Gasteiger partial charge in [0.1, 0.15) is 9.88 Å². The number of hydrogen-bond acceptors (Lipinski definition) is 5. The molecule has 1 N–H and O–H groups in total. The fraction of sp³-hybridized carbons (Fsp3) is 0.150. The van der Waals surface area contributed by atoms with Crippen LogP contribution in [-0.2, 0) is 9.53 Å². The number of nitrogens with one attached hydrogen (secondary N) is 1. The van der Waals surface area contributed by atoms with E-state index in [0.717, 1.165) is 11.1 Å². The molecule has 1 heterocycles. The second kappa shape index (κ2) is 8.33. The first-order valence-corrected chi connectivity index (χ1v) is 9.39. The molecule has 0 atom stereocenters. The van der Waals surface area contributed by atoms with Gasteiger partial charge >= 0.3 is 5.97 Å². The highest BCUT2D eigenvalue weighted by Gasteiger charge is 2.19. The first-order valence-electron chi connectivity index (χ1n) is 8.19. The molecule has 0 aliphatic heterocycles. The Morgan fingerprint density at radius 3 is 2.59 bits per heavy atom. The van der Waals surface area contributed by atoms with Crippen LogP contribution in [-0.4, -0.2) is 23.5 Å². The average Bonchev–Trinajstić information content (AvgIpc) is 3.03. The molecule has 0 radical (unpaired) electrons. The van der Waals surface area contributed by atoms with Crippen LogP contribution in [0, 0.1) is 13.8 Å². The van der Waals surface area contributed by atoms with Gasteiger partial charge in [-0.05, 0) is 38.1 Å². The normalized spacial score (nSPS) is 10.5. The summed E-state index contributed by atoms with van der Waals surface area (Å²) in [4.78, 5) is 29.1. The number of carbonyl (C=O) groups is 2. The molecule has 0 saturated carbocycles. The van der Waals surface area contributed by atoms with Gasteiger partial charge in [0.25, 0.3) is 5.91 Å². The molecule has 0 spiro atoms. The van der Waals surface area contributed by atoms with Gasteiger partial charge in [-0.15, -0.1) is 11.3 Å². The number of halogens is 1. The maximum absolute atomic E-state index is 12.3. The topological polar surface area (TPSA) is 68.3 Å². The summed E-state index contributed by atoms with van der Waals surface area (Å²) in [5.74, 6) is -0.971. The minimum absolute atomic E-state index is 0.365. The van der Waals surface area contributed by atoms with Crippen molar-refractivity contribution >= 4 is 40.5 Å². The van der Waals surface area contributed by atoms with E-state index in [1.807, 2.05) is 31.2 Å². The Morgan fingerprint density at radius 2 is 1.89 bits per heavy atom. The summed E-state index contributed by atoms with van der Waals surface area (Å²) in [6.07, 6.45) is 0. The molecule has 0 aliphatic rings. The second-order valence-corrected chi connectivity index (χ2v) is 7.37. The van der Waals surface area contributed by atoms with Gasteiger partial charge in [0.2, 0.25) is 0 Å².